The first-order valence-electron chi connectivity index (χ1n) is 4.64. The maximum Gasteiger partial charge on any atom is 0.421 e. The summed E-state index contributed by atoms with van der Waals surface area (Å²) < 4.78 is 34.1. The zero-order valence-electron chi connectivity index (χ0n) is 10.1. The minimum atomic E-state index is -4.01. The first kappa shape index (κ1) is 15.7. The molecule has 1 atom stereocenters. The number of hydrogen-bond acceptors (Lipinski definition) is 6. The van der Waals surface area contributed by atoms with Gasteiger partial charge in [-0.25, -0.2) is 9.52 Å². The summed E-state index contributed by atoms with van der Waals surface area (Å²) in [6.07, 6.45) is -1.09. The molecule has 0 rings (SSSR count). The van der Waals surface area contributed by atoms with E-state index in [1.807, 2.05) is 0 Å². The Hall–Kier alpha value is -1.35. The monoisotopic (exact) mass is 268 g/mol. The zero-order valence-corrected chi connectivity index (χ0v) is 10.9. The Kier molecular flexibility index (Phi) is 5.89. The van der Waals surface area contributed by atoms with Crippen molar-refractivity contribution in [2.24, 2.45) is 5.92 Å². The van der Waals surface area contributed by atoms with E-state index in [1.54, 1.807) is 4.72 Å². The summed E-state index contributed by atoms with van der Waals surface area (Å²) in [5, 5.41) is 0. The molecule has 0 aromatic heterocycles. The molecule has 0 saturated carbocycles. The third-order valence-electron chi connectivity index (χ3n) is 1.94. The lowest BCUT2D eigenvalue weighted by atomic mass is 10.2. The molecule has 0 bridgehead atoms. The summed E-state index contributed by atoms with van der Waals surface area (Å²) in [5.41, 5.74) is 0. The van der Waals surface area contributed by atoms with Crippen molar-refractivity contribution < 1.29 is 27.5 Å². The van der Waals surface area contributed by atoms with Crippen molar-refractivity contribution in [1.29, 1.82) is 0 Å². The molecule has 0 aliphatic carbocycles. The fourth-order valence-electron chi connectivity index (χ4n) is 0.984. The number of hydrogen-bond donors (Lipinski definition) is 1. The Morgan fingerprint density at radius 3 is 2.24 bits per heavy atom. The van der Waals surface area contributed by atoms with E-state index in [0.29, 0.717) is 0 Å². The Labute approximate surface area is 100 Å². The molecule has 0 spiro atoms. The molecule has 0 aromatic rings. The number of rotatable bonds is 5. The lowest BCUT2D eigenvalue weighted by Crippen LogP contribution is -2.44. The molecule has 0 saturated heterocycles. The van der Waals surface area contributed by atoms with Crippen molar-refractivity contribution in [3.8, 4) is 0 Å². The molecule has 0 aliphatic rings. The number of amides is 1. The molecule has 0 radical (unpaired) electrons. The quantitative estimate of drug-likeness (QED) is 0.663. The van der Waals surface area contributed by atoms with Crippen molar-refractivity contribution >= 4 is 22.3 Å². The van der Waals surface area contributed by atoms with E-state index in [-0.39, 0.29) is 6.54 Å². The van der Waals surface area contributed by atoms with E-state index in [1.165, 1.54) is 21.1 Å². The summed E-state index contributed by atoms with van der Waals surface area (Å²) in [7, 11) is -0.529. The second-order valence-electron chi connectivity index (χ2n) is 3.30. The molecule has 17 heavy (non-hydrogen) atoms. The van der Waals surface area contributed by atoms with Crippen LogP contribution in [0.25, 0.3) is 0 Å². The Morgan fingerprint density at radius 1 is 1.29 bits per heavy atom. The molecule has 0 fully saturated rings. The molecular formula is C8H16N2O6S. The van der Waals surface area contributed by atoms with Crippen molar-refractivity contribution in [1.82, 2.24) is 9.03 Å². The van der Waals surface area contributed by atoms with Crippen LogP contribution in [-0.4, -0.2) is 52.6 Å². The van der Waals surface area contributed by atoms with Gasteiger partial charge in [-0.15, -0.1) is 0 Å². The average Bonchev–Trinajstić information content (AvgIpc) is 2.26. The first-order valence-corrected chi connectivity index (χ1v) is 6.08. The third-order valence-corrected chi connectivity index (χ3v) is 3.34. The van der Waals surface area contributed by atoms with Crippen molar-refractivity contribution in [3.05, 3.63) is 0 Å². The second kappa shape index (κ2) is 6.40. The molecule has 0 heterocycles. The number of nitrogens with one attached hydrogen (secondary N) is 1. The van der Waals surface area contributed by atoms with Crippen LogP contribution in [0.1, 0.15) is 6.92 Å². The molecule has 9 heteroatoms. The fraction of sp³-hybridized carbons (Fsp3) is 0.750. The second-order valence-corrected chi connectivity index (χ2v) is 5.08. The minimum Gasteiger partial charge on any atom is -0.469 e. The summed E-state index contributed by atoms with van der Waals surface area (Å²) in [6.45, 7) is 1.40. The number of nitrogens with zero attached hydrogens (tertiary/aromatic N) is 1. The Bertz CT molecular complexity index is 379. The number of ether oxygens (including phenoxy) is 2. The van der Waals surface area contributed by atoms with Gasteiger partial charge in [-0.1, -0.05) is 6.92 Å². The van der Waals surface area contributed by atoms with Crippen LogP contribution in [-0.2, 0) is 24.5 Å². The highest BCUT2D eigenvalue weighted by atomic mass is 32.2. The van der Waals surface area contributed by atoms with Gasteiger partial charge in [0.25, 0.3) is 0 Å². The van der Waals surface area contributed by atoms with E-state index >= 15 is 0 Å². The van der Waals surface area contributed by atoms with Crippen LogP contribution in [0.5, 0.6) is 0 Å². The average molecular weight is 268 g/mol. The van der Waals surface area contributed by atoms with Gasteiger partial charge in [0.1, 0.15) is 0 Å². The van der Waals surface area contributed by atoms with Crippen LogP contribution in [0.3, 0.4) is 0 Å². The van der Waals surface area contributed by atoms with Crippen LogP contribution in [0.4, 0.5) is 4.79 Å². The van der Waals surface area contributed by atoms with E-state index < -0.39 is 28.2 Å². The molecule has 8 nitrogen and oxygen atoms in total. The van der Waals surface area contributed by atoms with E-state index in [0.717, 1.165) is 11.4 Å². The van der Waals surface area contributed by atoms with Crippen LogP contribution >= 0.6 is 0 Å². The normalized spacial score (nSPS) is 13.0. The van der Waals surface area contributed by atoms with Crippen LogP contribution < -0.4 is 4.72 Å². The number of carbonyl (C=O) groups is 2. The number of esters is 1. The fourth-order valence-corrected chi connectivity index (χ4v) is 1.85. The Morgan fingerprint density at radius 2 is 1.82 bits per heavy atom. The predicted molar refractivity (Wildman–Crippen MR) is 58.3 cm³/mol. The van der Waals surface area contributed by atoms with Gasteiger partial charge in [0, 0.05) is 13.6 Å². The Balaban J connectivity index is 4.54. The van der Waals surface area contributed by atoms with Crippen molar-refractivity contribution in [2.45, 2.75) is 6.92 Å². The van der Waals surface area contributed by atoms with Gasteiger partial charge in [0.15, 0.2) is 0 Å². The highest BCUT2D eigenvalue weighted by Gasteiger charge is 2.25. The standard InChI is InChI=1S/C8H16N2O6S/c1-6(7(11)15-3)5-10(2)17(13,14)9-8(12)16-4/h6H,5H2,1-4H3,(H,9,12). The van der Waals surface area contributed by atoms with Gasteiger partial charge in [-0.3, -0.25) is 4.79 Å². The van der Waals surface area contributed by atoms with Crippen LogP contribution in [0.2, 0.25) is 0 Å². The molecule has 0 aliphatic heterocycles. The highest BCUT2D eigenvalue weighted by molar-refractivity contribution is 7.87. The van der Waals surface area contributed by atoms with Gasteiger partial charge in [-0.2, -0.15) is 12.7 Å². The molecule has 0 aromatic carbocycles. The van der Waals surface area contributed by atoms with E-state index in [2.05, 4.69) is 9.47 Å². The third kappa shape index (κ3) is 5.00. The maximum absolute atomic E-state index is 11.5. The summed E-state index contributed by atoms with van der Waals surface area (Å²) in [6, 6.07) is 0. The molecule has 1 unspecified atom stereocenters. The van der Waals surface area contributed by atoms with Gasteiger partial charge >= 0.3 is 22.3 Å². The molecule has 1 N–H and O–H groups in total. The van der Waals surface area contributed by atoms with Gasteiger partial charge in [0.05, 0.1) is 20.1 Å². The highest BCUT2D eigenvalue weighted by Crippen LogP contribution is 2.04. The minimum absolute atomic E-state index is 0.112. The van der Waals surface area contributed by atoms with Gasteiger partial charge in [-0.05, 0) is 0 Å². The van der Waals surface area contributed by atoms with Crippen molar-refractivity contribution in [3.63, 3.8) is 0 Å². The lowest BCUT2D eigenvalue weighted by molar-refractivity contribution is -0.144. The van der Waals surface area contributed by atoms with Crippen molar-refractivity contribution in [2.75, 3.05) is 27.8 Å². The smallest absolute Gasteiger partial charge is 0.421 e. The predicted octanol–water partition coefficient (Wildman–Crippen LogP) is -0.672. The molecular weight excluding hydrogens is 252 g/mol. The number of carbonyl (C=O) groups excluding carboxylic acids is 2. The summed E-state index contributed by atoms with van der Waals surface area (Å²) in [5.74, 6) is -1.18. The first-order chi connectivity index (χ1) is 7.74. The zero-order chi connectivity index (χ0) is 13.6. The number of methoxy groups -OCH3 is 2. The van der Waals surface area contributed by atoms with Crippen LogP contribution in [0.15, 0.2) is 0 Å². The summed E-state index contributed by atoms with van der Waals surface area (Å²) >= 11 is 0. The SMILES string of the molecule is COC(=O)NS(=O)(=O)N(C)CC(C)C(=O)OC. The van der Waals surface area contributed by atoms with Gasteiger partial charge in [0.2, 0.25) is 0 Å². The molecule has 100 valence electrons. The van der Waals surface area contributed by atoms with Gasteiger partial charge < -0.3 is 9.47 Å². The molecule has 1 amide bonds. The van der Waals surface area contributed by atoms with E-state index in [9.17, 15) is 18.0 Å². The topological polar surface area (TPSA) is 102 Å². The maximum atomic E-state index is 11.5. The van der Waals surface area contributed by atoms with E-state index in [4.69, 9.17) is 0 Å². The largest absolute Gasteiger partial charge is 0.469 e. The lowest BCUT2D eigenvalue weighted by Gasteiger charge is -2.19. The summed E-state index contributed by atoms with van der Waals surface area (Å²) in [4.78, 5) is 21.9. The van der Waals surface area contributed by atoms with Crippen LogP contribution in [0, 0.1) is 5.92 Å².